The van der Waals surface area contributed by atoms with Gasteiger partial charge >= 0.3 is 5.69 Å². The second-order valence-electron chi connectivity index (χ2n) is 6.20. The van der Waals surface area contributed by atoms with Crippen molar-refractivity contribution in [3.05, 3.63) is 80.5 Å². The van der Waals surface area contributed by atoms with E-state index >= 15 is 0 Å². The van der Waals surface area contributed by atoms with Gasteiger partial charge in [-0.2, -0.15) is 0 Å². The number of nitrogens with zero attached hydrogens (tertiary/aromatic N) is 1. The maximum Gasteiger partial charge on any atom is 0.328 e. The van der Waals surface area contributed by atoms with E-state index in [2.05, 4.69) is 10.3 Å². The third kappa shape index (κ3) is 4.51. The Kier molecular flexibility index (Phi) is 5.83. The first kappa shape index (κ1) is 18.6. The number of amides is 1. The summed E-state index contributed by atoms with van der Waals surface area (Å²) in [6.07, 6.45) is 0.137. The molecule has 0 aliphatic heterocycles. The highest BCUT2D eigenvalue weighted by Gasteiger charge is 2.09. The Morgan fingerprint density at radius 2 is 1.78 bits per heavy atom. The lowest BCUT2D eigenvalue weighted by molar-refractivity contribution is -0.121. The van der Waals surface area contributed by atoms with E-state index in [9.17, 15) is 14.4 Å². The Hall–Kier alpha value is -3.19. The standard InChI is InChI=1S/C20H21N3O4/c1-27-13-15-8-6-14(7-9-15)12-21-18(24)10-11-23-17-5-3-2-4-16(17)19(25)22-20(23)26/h2-9H,10-13H2,1H3,(H,21,24)(H,22,25,26). The Morgan fingerprint density at radius 3 is 2.52 bits per heavy atom. The molecule has 0 saturated heterocycles. The molecule has 140 valence electrons. The van der Waals surface area contributed by atoms with Crippen LogP contribution in [0.2, 0.25) is 0 Å². The smallest absolute Gasteiger partial charge is 0.328 e. The van der Waals surface area contributed by atoms with Crippen molar-refractivity contribution in [1.82, 2.24) is 14.9 Å². The number of ether oxygens (including phenoxy) is 1. The lowest BCUT2D eigenvalue weighted by Crippen LogP contribution is -2.32. The van der Waals surface area contributed by atoms with Gasteiger partial charge in [-0.1, -0.05) is 36.4 Å². The van der Waals surface area contributed by atoms with Crippen molar-refractivity contribution in [2.45, 2.75) is 26.1 Å². The maximum absolute atomic E-state index is 12.2. The summed E-state index contributed by atoms with van der Waals surface area (Å²) in [4.78, 5) is 38.4. The summed E-state index contributed by atoms with van der Waals surface area (Å²) in [7, 11) is 1.64. The molecular weight excluding hydrogens is 346 g/mol. The second-order valence-corrected chi connectivity index (χ2v) is 6.20. The third-order valence-electron chi connectivity index (χ3n) is 4.29. The minimum atomic E-state index is -0.514. The number of H-pyrrole nitrogens is 1. The molecule has 2 aromatic carbocycles. The number of hydrogen-bond donors (Lipinski definition) is 2. The van der Waals surface area contributed by atoms with Gasteiger partial charge in [0, 0.05) is 26.6 Å². The number of hydrogen-bond acceptors (Lipinski definition) is 4. The fourth-order valence-electron chi connectivity index (χ4n) is 2.89. The van der Waals surface area contributed by atoms with E-state index in [4.69, 9.17) is 4.74 Å². The number of carbonyl (C=O) groups excluding carboxylic acids is 1. The van der Waals surface area contributed by atoms with Gasteiger partial charge in [0.25, 0.3) is 5.56 Å². The zero-order valence-corrected chi connectivity index (χ0v) is 15.0. The summed E-state index contributed by atoms with van der Waals surface area (Å²) in [5.74, 6) is -0.168. The van der Waals surface area contributed by atoms with Crippen LogP contribution in [0.1, 0.15) is 17.5 Å². The van der Waals surface area contributed by atoms with Gasteiger partial charge in [0.05, 0.1) is 17.5 Å². The molecule has 1 amide bonds. The lowest BCUT2D eigenvalue weighted by Gasteiger charge is -2.10. The first-order valence-electron chi connectivity index (χ1n) is 8.64. The topological polar surface area (TPSA) is 93.2 Å². The predicted molar refractivity (Wildman–Crippen MR) is 102 cm³/mol. The molecule has 3 rings (SSSR count). The zero-order chi connectivity index (χ0) is 19.2. The summed E-state index contributed by atoms with van der Waals surface area (Å²) < 4.78 is 6.48. The predicted octanol–water partition coefficient (Wildman–Crippen LogP) is 1.54. The summed E-state index contributed by atoms with van der Waals surface area (Å²) in [6.45, 7) is 1.15. The summed E-state index contributed by atoms with van der Waals surface area (Å²) in [6, 6.07) is 14.6. The normalized spacial score (nSPS) is 10.9. The molecule has 27 heavy (non-hydrogen) atoms. The average Bonchev–Trinajstić information content (AvgIpc) is 2.67. The van der Waals surface area contributed by atoms with Crippen LogP contribution in [0.3, 0.4) is 0 Å². The van der Waals surface area contributed by atoms with Gasteiger partial charge in [-0.25, -0.2) is 4.79 Å². The third-order valence-corrected chi connectivity index (χ3v) is 4.29. The van der Waals surface area contributed by atoms with Crippen LogP contribution in [-0.2, 0) is 29.2 Å². The molecule has 0 aliphatic rings. The minimum Gasteiger partial charge on any atom is -0.380 e. The number of para-hydroxylation sites is 1. The van der Waals surface area contributed by atoms with E-state index < -0.39 is 11.2 Å². The van der Waals surface area contributed by atoms with Gasteiger partial charge in [0.15, 0.2) is 0 Å². The number of aryl methyl sites for hydroxylation is 1. The summed E-state index contributed by atoms with van der Waals surface area (Å²) >= 11 is 0. The quantitative estimate of drug-likeness (QED) is 0.662. The molecule has 0 radical (unpaired) electrons. The maximum atomic E-state index is 12.2. The van der Waals surface area contributed by atoms with Gasteiger partial charge < -0.3 is 10.1 Å². The largest absolute Gasteiger partial charge is 0.380 e. The van der Waals surface area contributed by atoms with Crippen molar-refractivity contribution >= 4 is 16.8 Å². The van der Waals surface area contributed by atoms with Crippen LogP contribution >= 0.6 is 0 Å². The molecule has 7 heteroatoms. The van der Waals surface area contributed by atoms with Crippen molar-refractivity contribution in [1.29, 1.82) is 0 Å². The number of methoxy groups -OCH3 is 1. The van der Waals surface area contributed by atoms with E-state index in [0.29, 0.717) is 24.1 Å². The Morgan fingerprint density at radius 1 is 1.07 bits per heavy atom. The first-order valence-corrected chi connectivity index (χ1v) is 8.64. The first-order chi connectivity index (χ1) is 13.1. The van der Waals surface area contributed by atoms with Crippen molar-refractivity contribution in [3.8, 4) is 0 Å². The van der Waals surface area contributed by atoms with Gasteiger partial charge in [-0.15, -0.1) is 0 Å². The monoisotopic (exact) mass is 367 g/mol. The number of nitrogens with one attached hydrogen (secondary N) is 2. The number of benzene rings is 2. The van der Waals surface area contributed by atoms with Gasteiger partial charge in [0.1, 0.15) is 0 Å². The molecule has 0 saturated carbocycles. The van der Waals surface area contributed by atoms with E-state index in [-0.39, 0.29) is 18.9 Å². The van der Waals surface area contributed by atoms with Crippen molar-refractivity contribution < 1.29 is 9.53 Å². The molecule has 0 spiro atoms. The van der Waals surface area contributed by atoms with Crippen molar-refractivity contribution in [2.75, 3.05) is 7.11 Å². The summed E-state index contributed by atoms with van der Waals surface area (Å²) in [5, 5.41) is 3.27. The fourth-order valence-corrected chi connectivity index (χ4v) is 2.89. The highest BCUT2D eigenvalue weighted by molar-refractivity contribution is 5.78. The molecule has 0 aliphatic carbocycles. The van der Waals surface area contributed by atoms with Crippen LogP contribution in [0.4, 0.5) is 0 Å². The van der Waals surface area contributed by atoms with Gasteiger partial charge in [0.2, 0.25) is 5.91 Å². The van der Waals surface area contributed by atoms with Crippen LogP contribution < -0.4 is 16.6 Å². The van der Waals surface area contributed by atoms with Crippen molar-refractivity contribution in [3.63, 3.8) is 0 Å². The molecule has 0 bridgehead atoms. The molecule has 7 nitrogen and oxygen atoms in total. The molecule has 0 atom stereocenters. The molecule has 1 aromatic heterocycles. The molecule has 2 N–H and O–H groups in total. The van der Waals surface area contributed by atoms with Crippen molar-refractivity contribution in [2.24, 2.45) is 0 Å². The Balaban J connectivity index is 1.62. The highest BCUT2D eigenvalue weighted by atomic mass is 16.5. The highest BCUT2D eigenvalue weighted by Crippen LogP contribution is 2.08. The summed E-state index contributed by atoms with van der Waals surface area (Å²) in [5.41, 5.74) is 1.63. The van der Waals surface area contributed by atoms with Crippen LogP contribution in [0.15, 0.2) is 58.1 Å². The minimum absolute atomic E-state index is 0.137. The Labute approximate surface area is 155 Å². The number of aromatic nitrogens is 2. The molecule has 0 unspecified atom stereocenters. The van der Waals surface area contributed by atoms with E-state index in [0.717, 1.165) is 11.1 Å². The number of rotatable bonds is 7. The van der Waals surface area contributed by atoms with E-state index in [1.54, 1.807) is 31.4 Å². The van der Waals surface area contributed by atoms with Crippen LogP contribution in [-0.4, -0.2) is 22.6 Å². The van der Waals surface area contributed by atoms with E-state index in [1.165, 1.54) is 4.57 Å². The zero-order valence-electron chi connectivity index (χ0n) is 15.0. The number of carbonyl (C=O) groups is 1. The van der Waals surface area contributed by atoms with E-state index in [1.807, 2.05) is 24.3 Å². The molecule has 3 aromatic rings. The van der Waals surface area contributed by atoms with Crippen LogP contribution in [0.25, 0.3) is 10.9 Å². The molecule has 1 heterocycles. The Bertz CT molecular complexity index is 1050. The van der Waals surface area contributed by atoms with Crippen LogP contribution in [0.5, 0.6) is 0 Å². The van der Waals surface area contributed by atoms with Gasteiger partial charge in [-0.05, 0) is 23.3 Å². The number of fused-ring (bicyclic) bond motifs is 1. The van der Waals surface area contributed by atoms with Gasteiger partial charge in [-0.3, -0.25) is 19.1 Å². The fraction of sp³-hybridized carbons (Fsp3) is 0.250. The SMILES string of the molecule is COCc1ccc(CNC(=O)CCn2c(=O)[nH]c(=O)c3ccccc32)cc1. The molecular formula is C20H21N3O4. The second kappa shape index (κ2) is 8.46. The van der Waals surface area contributed by atoms with Crippen LogP contribution in [0, 0.1) is 0 Å². The molecule has 0 fully saturated rings. The number of aromatic amines is 1. The average molecular weight is 367 g/mol. The lowest BCUT2D eigenvalue weighted by atomic mass is 10.1.